The van der Waals surface area contributed by atoms with Crippen molar-refractivity contribution in [2.45, 2.75) is 64.3 Å². The zero-order valence-electron chi connectivity index (χ0n) is 12.5. The molecule has 1 saturated carbocycles. The van der Waals surface area contributed by atoms with Crippen LogP contribution < -0.4 is 5.32 Å². The van der Waals surface area contributed by atoms with Crippen LogP contribution in [0.5, 0.6) is 0 Å². The highest BCUT2D eigenvalue weighted by molar-refractivity contribution is 4.82. The molecule has 1 aliphatic heterocycles. The molecular weight excluding hydrogens is 220 g/mol. The second-order valence-electron chi connectivity index (χ2n) is 6.63. The number of hydrogen-bond acceptors (Lipinski definition) is 2. The maximum Gasteiger partial charge on any atom is 0.0104 e. The van der Waals surface area contributed by atoms with Gasteiger partial charge in [-0.1, -0.05) is 26.2 Å². The number of hydrogen-bond donors (Lipinski definition) is 1. The van der Waals surface area contributed by atoms with Crippen LogP contribution in [0.4, 0.5) is 0 Å². The first-order valence-corrected chi connectivity index (χ1v) is 8.19. The number of rotatable bonds is 3. The molecule has 2 fully saturated rings. The van der Waals surface area contributed by atoms with Gasteiger partial charge in [-0.25, -0.2) is 0 Å². The fourth-order valence-electron chi connectivity index (χ4n) is 3.82. The maximum atomic E-state index is 3.58. The van der Waals surface area contributed by atoms with Gasteiger partial charge in [0.05, 0.1) is 0 Å². The summed E-state index contributed by atoms with van der Waals surface area (Å²) in [6.45, 7) is 6.45. The molecule has 1 saturated heterocycles. The Bertz CT molecular complexity index is 229. The highest BCUT2D eigenvalue weighted by Crippen LogP contribution is 2.25. The second kappa shape index (κ2) is 7.49. The Morgan fingerprint density at radius 3 is 2.61 bits per heavy atom. The van der Waals surface area contributed by atoms with Crippen LogP contribution in [0.25, 0.3) is 0 Å². The van der Waals surface area contributed by atoms with Crippen molar-refractivity contribution in [2.75, 3.05) is 26.7 Å². The van der Waals surface area contributed by atoms with Crippen molar-refractivity contribution in [3.63, 3.8) is 0 Å². The molecule has 3 unspecified atom stereocenters. The lowest BCUT2D eigenvalue weighted by Gasteiger charge is -2.30. The molecular formula is C16H32N2. The lowest BCUT2D eigenvalue weighted by Crippen LogP contribution is -2.40. The normalized spacial score (nSPS) is 36.0. The monoisotopic (exact) mass is 252 g/mol. The van der Waals surface area contributed by atoms with E-state index in [1.807, 2.05) is 0 Å². The maximum absolute atomic E-state index is 3.58. The van der Waals surface area contributed by atoms with Crippen molar-refractivity contribution in [2.24, 2.45) is 11.8 Å². The third-order valence-electron chi connectivity index (χ3n) is 5.13. The molecule has 106 valence electrons. The van der Waals surface area contributed by atoms with Gasteiger partial charge in [-0.2, -0.15) is 0 Å². The van der Waals surface area contributed by atoms with Crippen LogP contribution >= 0.6 is 0 Å². The zero-order chi connectivity index (χ0) is 12.8. The van der Waals surface area contributed by atoms with Crippen molar-refractivity contribution < 1.29 is 0 Å². The van der Waals surface area contributed by atoms with E-state index >= 15 is 0 Å². The predicted octanol–water partition coefficient (Wildman–Crippen LogP) is 3.28. The lowest BCUT2D eigenvalue weighted by atomic mass is 9.94. The fraction of sp³-hybridized carbons (Fsp3) is 1.00. The summed E-state index contributed by atoms with van der Waals surface area (Å²) >= 11 is 0. The summed E-state index contributed by atoms with van der Waals surface area (Å²) in [6, 6.07) is 0.771. The first-order valence-electron chi connectivity index (χ1n) is 8.19. The number of nitrogens with one attached hydrogen (secondary N) is 1. The highest BCUT2D eigenvalue weighted by atomic mass is 15.1. The van der Waals surface area contributed by atoms with Gasteiger partial charge in [-0.05, 0) is 64.1 Å². The lowest BCUT2D eigenvalue weighted by molar-refractivity contribution is 0.201. The van der Waals surface area contributed by atoms with E-state index in [2.05, 4.69) is 24.2 Å². The third-order valence-corrected chi connectivity index (χ3v) is 5.13. The quantitative estimate of drug-likeness (QED) is 0.776. The first-order chi connectivity index (χ1) is 8.79. The van der Waals surface area contributed by atoms with E-state index in [1.165, 1.54) is 71.0 Å². The van der Waals surface area contributed by atoms with Gasteiger partial charge in [-0.3, -0.25) is 0 Å². The topological polar surface area (TPSA) is 15.3 Å². The Balaban J connectivity index is 1.85. The first kappa shape index (κ1) is 14.3. The molecule has 2 aliphatic rings. The summed E-state index contributed by atoms with van der Waals surface area (Å²) in [5, 5.41) is 3.58. The van der Waals surface area contributed by atoms with Gasteiger partial charge in [0.2, 0.25) is 0 Å². The van der Waals surface area contributed by atoms with Crippen molar-refractivity contribution >= 4 is 0 Å². The summed E-state index contributed by atoms with van der Waals surface area (Å²) in [4.78, 5) is 2.75. The molecule has 2 nitrogen and oxygen atoms in total. The predicted molar refractivity (Wildman–Crippen MR) is 78.9 cm³/mol. The van der Waals surface area contributed by atoms with E-state index in [-0.39, 0.29) is 0 Å². The summed E-state index contributed by atoms with van der Waals surface area (Å²) < 4.78 is 0. The van der Waals surface area contributed by atoms with E-state index in [0.29, 0.717) is 0 Å². The van der Waals surface area contributed by atoms with Crippen LogP contribution in [0.2, 0.25) is 0 Å². The molecule has 0 radical (unpaired) electrons. The highest BCUT2D eigenvalue weighted by Gasteiger charge is 2.25. The van der Waals surface area contributed by atoms with E-state index in [4.69, 9.17) is 0 Å². The third kappa shape index (κ3) is 4.24. The molecule has 0 bridgehead atoms. The molecule has 2 rings (SSSR count). The molecule has 0 aromatic rings. The summed E-state index contributed by atoms with van der Waals surface area (Å²) in [5.41, 5.74) is 0. The minimum Gasteiger partial charge on any atom is -0.317 e. The molecule has 1 N–H and O–H groups in total. The van der Waals surface area contributed by atoms with Crippen molar-refractivity contribution in [3.8, 4) is 0 Å². The largest absolute Gasteiger partial charge is 0.317 e. The van der Waals surface area contributed by atoms with Gasteiger partial charge in [-0.15, -0.1) is 0 Å². The number of nitrogens with zero attached hydrogens (tertiary/aromatic N) is 1. The van der Waals surface area contributed by atoms with Crippen LogP contribution in [0.3, 0.4) is 0 Å². The van der Waals surface area contributed by atoms with Crippen LogP contribution in [0.1, 0.15) is 58.3 Å². The summed E-state index contributed by atoms with van der Waals surface area (Å²) in [5.74, 6) is 1.84. The molecule has 1 heterocycles. The molecule has 18 heavy (non-hydrogen) atoms. The Kier molecular flexibility index (Phi) is 5.97. The van der Waals surface area contributed by atoms with Crippen molar-refractivity contribution in [1.29, 1.82) is 0 Å². The molecule has 0 aromatic carbocycles. The standard InChI is InChI=1S/C16H32N2/c1-14-7-6-11-18(12-10-14)13-15-8-4-3-5-9-16(15)17-2/h14-17H,3-13H2,1-2H3. The molecule has 0 aromatic heterocycles. The van der Waals surface area contributed by atoms with Crippen LogP contribution in [-0.2, 0) is 0 Å². The Hall–Kier alpha value is -0.0800. The van der Waals surface area contributed by atoms with Crippen LogP contribution in [0.15, 0.2) is 0 Å². The second-order valence-corrected chi connectivity index (χ2v) is 6.63. The van der Waals surface area contributed by atoms with E-state index in [9.17, 15) is 0 Å². The van der Waals surface area contributed by atoms with Crippen molar-refractivity contribution in [3.05, 3.63) is 0 Å². The van der Waals surface area contributed by atoms with Crippen LogP contribution in [-0.4, -0.2) is 37.6 Å². The molecule has 0 spiro atoms. The Labute approximate surface area is 114 Å². The Morgan fingerprint density at radius 2 is 1.78 bits per heavy atom. The smallest absolute Gasteiger partial charge is 0.0104 e. The number of likely N-dealkylation sites (tertiary alicyclic amines) is 1. The van der Waals surface area contributed by atoms with Gasteiger partial charge in [0.25, 0.3) is 0 Å². The SMILES string of the molecule is CNC1CCCCCC1CN1CCCC(C)CC1. The Morgan fingerprint density at radius 1 is 0.944 bits per heavy atom. The zero-order valence-corrected chi connectivity index (χ0v) is 12.5. The van der Waals surface area contributed by atoms with E-state index in [1.54, 1.807) is 0 Å². The average molecular weight is 252 g/mol. The summed E-state index contributed by atoms with van der Waals surface area (Å²) in [7, 11) is 2.16. The average Bonchev–Trinajstić information content (AvgIpc) is 2.71. The van der Waals surface area contributed by atoms with Gasteiger partial charge >= 0.3 is 0 Å². The van der Waals surface area contributed by atoms with Gasteiger partial charge < -0.3 is 10.2 Å². The molecule has 3 atom stereocenters. The van der Waals surface area contributed by atoms with E-state index < -0.39 is 0 Å². The molecule has 1 aliphatic carbocycles. The fourth-order valence-corrected chi connectivity index (χ4v) is 3.82. The van der Waals surface area contributed by atoms with Crippen LogP contribution in [0, 0.1) is 11.8 Å². The van der Waals surface area contributed by atoms with Crippen molar-refractivity contribution in [1.82, 2.24) is 10.2 Å². The van der Waals surface area contributed by atoms with Gasteiger partial charge in [0, 0.05) is 12.6 Å². The summed E-state index contributed by atoms with van der Waals surface area (Å²) in [6.07, 6.45) is 11.4. The minimum absolute atomic E-state index is 0.771. The van der Waals surface area contributed by atoms with Gasteiger partial charge in [0.1, 0.15) is 0 Å². The van der Waals surface area contributed by atoms with Gasteiger partial charge in [0.15, 0.2) is 0 Å². The van der Waals surface area contributed by atoms with E-state index in [0.717, 1.165) is 17.9 Å². The minimum atomic E-state index is 0.771. The molecule has 2 heteroatoms. The molecule has 0 amide bonds.